The zero-order chi connectivity index (χ0) is 16.6. The van der Waals surface area contributed by atoms with Crippen LogP contribution < -0.4 is 0 Å². The van der Waals surface area contributed by atoms with Crippen LogP contribution in [0.15, 0.2) is 34.1 Å². The topological polar surface area (TPSA) is 63.6 Å². The molecule has 124 valence electrons. The minimum absolute atomic E-state index is 0.0511. The molecule has 0 aromatic heterocycles. The average molecular weight is 356 g/mol. The minimum atomic E-state index is -5.27. The van der Waals surface area contributed by atoms with E-state index in [9.17, 15) is 21.6 Å². The number of allylic oxidation sites excluding steroid dienone is 1. The molecule has 1 heterocycles. The molecule has 0 radical (unpaired) electrons. The number of rotatable bonds is 5. The lowest BCUT2D eigenvalue weighted by Gasteiger charge is -2.38. The summed E-state index contributed by atoms with van der Waals surface area (Å²) in [4.78, 5) is -0.382. The Balaban J connectivity index is 2.68. The van der Waals surface area contributed by atoms with Gasteiger partial charge >= 0.3 is 15.9 Å². The lowest BCUT2D eigenvalue weighted by Crippen LogP contribution is -2.26. The Morgan fingerprint density at radius 1 is 1.27 bits per heavy atom. The summed E-state index contributed by atoms with van der Waals surface area (Å²) in [5.41, 5.74) is -4.68. The lowest BCUT2D eigenvalue weighted by molar-refractivity contribution is -0.0432. The van der Waals surface area contributed by atoms with Crippen LogP contribution in [0.25, 0.3) is 6.08 Å². The maximum absolute atomic E-state index is 13.8. The Labute approximate surface area is 128 Å². The van der Waals surface area contributed by atoms with Gasteiger partial charge in [-0.1, -0.05) is 31.5 Å². The van der Waals surface area contributed by atoms with Gasteiger partial charge in [-0.05, 0) is 30.5 Å². The largest absolute Gasteiger partial charge is 0.456 e. The van der Waals surface area contributed by atoms with E-state index in [1.54, 1.807) is 6.07 Å². The summed E-state index contributed by atoms with van der Waals surface area (Å²) in [6, 6.07) is 5.61. The summed E-state index contributed by atoms with van der Waals surface area (Å²) in [5.74, 6) is 0. The Hall–Kier alpha value is -1.03. The number of halogens is 3. The van der Waals surface area contributed by atoms with Crippen molar-refractivity contribution in [1.82, 2.24) is 0 Å². The number of fused-ring (bicyclic) bond motifs is 1. The molecule has 22 heavy (non-hydrogen) atoms. The van der Waals surface area contributed by atoms with Crippen molar-refractivity contribution in [3.05, 3.63) is 34.7 Å². The number of benzene rings is 1. The first-order valence-corrected chi connectivity index (χ1v) is 9.42. The van der Waals surface area contributed by atoms with Gasteiger partial charge in [-0.2, -0.15) is 25.2 Å². The molecule has 0 spiro atoms. The standard InChI is InChI=1S/C13H15F3O4S2/c1-2-3-7-11-9-10-6-4-5-8-12(10)21(11,13(14,15)16)20-22(17,18)19/h4-6,8-9H,2-3,7H2,1H3,(H,17,18,19). The van der Waals surface area contributed by atoms with Crippen LogP contribution in [0.2, 0.25) is 0 Å². The van der Waals surface area contributed by atoms with Gasteiger partial charge in [0.05, 0.1) is 0 Å². The van der Waals surface area contributed by atoms with E-state index in [4.69, 9.17) is 4.55 Å². The summed E-state index contributed by atoms with van der Waals surface area (Å²) in [5, 5.41) is 0. The second-order valence-corrected chi connectivity index (χ2v) is 8.69. The fourth-order valence-corrected chi connectivity index (χ4v) is 6.61. The number of unbranched alkanes of at least 4 members (excludes halogenated alkanes) is 1. The van der Waals surface area contributed by atoms with E-state index in [0.29, 0.717) is 12.8 Å². The minimum Gasteiger partial charge on any atom is -0.263 e. The molecule has 9 heteroatoms. The van der Waals surface area contributed by atoms with Crippen molar-refractivity contribution in [2.45, 2.75) is 36.6 Å². The molecule has 0 bridgehead atoms. The molecular formula is C13H15F3O4S2. The van der Waals surface area contributed by atoms with Crippen LogP contribution in [0.3, 0.4) is 0 Å². The van der Waals surface area contributed by atoms with E-state index in [2.05, 4.69) is 3.63 Å². The van der Waals surface area contributed by atoms with Gasteiger partial charge in [0, 0.05) is 20.1 Å². The van der Waals surface area contributed by atoms with Gasteiger partial charge in [-0.15, -0.1) is 0 Å². The van der Waals surface area contributed by atoms with Crippen molar-refractivity contribution < 1.29 is 29.8 Å². The Bertz CT molecular complexity index is 697. The van der Waals surface area contributed by atoms with Crippen LogP contribution in [-0.4, -0.2) is 18.5 Å². The normalized spacial score (nSPS) is 24.5. The third-order valence-electron chi connectivity index (χ3n) is 3.21. The van der Waals surface area contributed by atoms with E-state index < -0.39 is 26.2 Å². The lowest BCUT2D eigenvalue weighted by atomic mass is 10.2. The average Bonchev–Trinajstić information content (AvgIpc) is 2.69. The molecule has 1 aliphatic heterocycles. The fourth-order valence-electron chi connectivity index (χ4n) is 2.35. The van der Waals surface area contributed by atoms with E-state index in [1.807, 2.05) is 6.92 Å². The summed E-state index contributed by atoms with van der Waals surface area (Å²) < 4.78 is 76.8. The summed E-state index contributed by atoms with van der Waals surface area (Å²) >= 11 is 0. The van der Waals surface area contributed by atoms with Gasteiger partial charge < -0.3 is 0 Å². The fraction of sp³-hybridized carbons (Fsp3) is 0.385. The van der Waals surface area contributed by atoms with Gasteiger partial charge in [0.1, 0.15) is 0 Å². The van der Waals surface area contributed by atoms with E-state index in [-0.39, 0.29) is 21.8 Å². The molecular weight excluding hydrogens is 341 g/mol. The second-order valence-electron chi connectivity index (χ2n) is 4.75. The van der Waals surface area contributed by atoms with E-state index in [1.165, 1.54) is 24.3 Å². The van der Waals surface area contributed by atoms with E-state index >= 15 is 0 Å². The maximum atomic E-state index is 13.8. The monoisotopic (exact) mass is 356 g/mol. The number of alkyl halides is 3. The first-order valence-electron chi connectivity index (χ1n) is 6.49. The van der Waals surface area contributed by atoms with Crippen LogP contribution in [0.1, 0.15) is 31.7 Å². The SMILES string of the molecule is CCCCC1=Cc2ccccc2S1(OS(=O)(=O)O)C(F)(F)F. The second kappa shape index (κ2) is 5.88. The molecule has 2 rings (SSSR count). The summed E-state index contributed by atoms with van der Waals surface area (Å²) in [6.45, 7) is 1.82. The van der Waals surface area contributed by atoms with Crippen molar-refractivity contribution in [2.24, 2.45) is 0 Å². The van der Waals surface area contributed by atoms with Crippen LogP contribution in [0.5, 0.6) is 0 Å². The first kappa shape index (κ1) is 17.3. The molecule has 1 aliphatic rings. The van der Waals surface area contributed by atoms with Crippen molar-refractivity contribution in [3.63, 3.8) is 0 Å². The predicted octanol–water partition coefficient (Wildman–Crippen LogP) is 4.65. The van der Waals surface area contributed by atoms with Crippen LogP contribution in [0, 0.1) is 0 Å². The van der Waals surface area contributed by atoms with Crippen LogP contribution in [-0.2, 0) is 14.0 Å². The Kier molecular flexibility index (Phi) is 4.63. The van der Waals surface area contributed by atoms with Crippen molar-refractivity contribution in [3.8, 4) is 0 Å². The quantitative estimate of drug-likeness (QED) is 0.780. The highest BCUT2D eigenvalue weighted by Crippen LogP contribution is 2.78. The van der Waals surface area contributed by atoms with Crippen molar-refractivity contribution >= 4 is 26.8 Å². The predicted molar refractivity (Wildman–Crippen MR) is 78.5 cm³/mol. The molecule has 4 nitrogen and oxygen atoms in total. The van der Waals surface area contributed by atoms with Crippen LogP contribution >= 0.6 is 10.3 Å². The maximum Gasteiger partial charge on any atom is 0.456 e. The van der Waals surface area contributed by atoms with Crippen molar-refractivity contribution in [2.75, 3.05) is 0 Å². The molecule has 1 N–H and O–H groups in total. The molecule has 0 aliphatic carbocycles. The summed E-state index contributed by atoms with van der Waals surface area (Å²) in [6.07, 6.45) is 2.47. The highest BCUT2D eigenvalue weighted by atomic mass is 32.3. The molecule has 1 unspecified atom stereocenters. The highest BCUT2D eigenvalue weighted by molar-refractivity contribution is 8.36. The molecule has 0 amide bonds. The smallest absolute Gasteiger partial charge is 0.263 e. The van der Waals surface area contributed by atoms with Gasteiger partial charge in [0.25, 0.3) is 0 Å². The first-order chi connectivity index (χ1) is 10.1. The third kappa shape index (κ3) is 3.03. The zero-order valence-electron chi connectivity index (χ0n) is 11.6. The molecule has 1 atom stereocenters. The summed E-state index contributed by atoms with van der Waals surface area (Å²) in [7, 11) is -9.56. The van der Waals surface area contributed by atoms with Gasteiger partial charge in [-0.25, -0.2) is 0 Å². The zero-order valence-corrected chi connectivity index (χ0v) is 13.3. The van der Waals surface area contributed by atoms with Gasteiger partial charge in [0.15, 0.2) is 0 Å². The van der Waals surface area contributed by atoms with Crippen molar-refractivity contribution in [1.29, 1.82) is 0 Å². The van der Waals surface area contributed by atoms with Gasteiger partial charge in [0.2, 0.25) is 0 Å². The van der Waals surface area contributed by atoms with Gasteiger partial charge in [-0.3, -0.25) is 4.55 Å². The highest BCUT2D eigenvalue weighted by Gasteiger charge is 2.60. The Morgan fingerprint density at radius 3 is 2.45 bits per heavy atom. The molecule has 0 saturated carbocycles. The molecule has 1 aromatic rings. The number of hydrogen-bond donors (Lipinski definition) is 1. The number of hydrogen-bond acceptors (Lipinski definition) is 3. The molecule has 0 fully saturated rings. The molecule has 1 aromatic carbocycles. The van der Waals surface area contributed by atoms with E-state index in [0.717, 1.165) is 0 Å². The van der Waals surface area contributed by atoms with Crippen LogP contribution in [0.4, 0.5) is 13.2 Å². The third-order valence-corrected chi connectivity index (χ3v) is 7.41. The molecule has 0 saturated heterocycles. The Morgan fingerprint density at radius 2 is 1.91 bits per heavy atom.